The lowest BCUT2D eigenvalue weighted by Crippen LogP contribution is -2.37. The Morgan fingerprint density at radius 1 is 1.41 bits per heavy atom. The highest BCUT2D eigenvalue weighted by Crippen LogP contribution is 2.06. The van der Waals surface area contributed by atoms with Crippen LogP contribution in [0.3, 0.4) is 0 Å². The second-order valence-corrected chi connectivity index (χ2v) is 5.12. The molecule has 0 aliphatic rings. The van der Waals surface area contributed by atoms with Crippen LogP contribution < -0.4 is 10.6 Å². The molecule has 0 fully saturated rings. The Hall–Kier alpha value is -1.07. The molecule has 2 N–H and O–H groups in total. The summed E-state index contributed by atoms with van der Waals surface area (Å²) in [6, 6.07) is 4.19. The van der Waals surface area contributed by atoms with Crippen LogP contribution in [0.4, 0.5) is 0 Å². The Morgan fingerprint density at radius 3 is 2.82 bits per heavy atom. The summed E-state index contributed by atoms with van der Waals surface area (Å²) in [4.78, 5) is 7.69. The summed E-state index contributed by atoms with van der Waals surface area (Å²) in [6.45, 7) is 2.88. The van der Waals surface area contributed by atoms with Gasteiger partial charge in [0.25, 0.3) is 0 Å². The summed E-state index contributed by atoms with van der Waals surface area (Å²) < 4.78 is 0. The number of hydrogen-bond acceptors (Lipinski definition) is 3. The third-order valence-electron chi connectivity index (χ3n) is 2.31. The maximum absolute atomic E-state index is 4.19. The summed E-state index contributed by atoms with van der Waals surface area (Å²) >= 11 is 1.76. The first-order valence-corrected chi connectivity index (χ1v) is 6.72. The van der Waals surface area contributed by atoms with Crippen LogP contribution in [0.5, 0.6) is 0 Å². The molecular weight excluding hydrogens is 232 g/mol. The summed E-state index contributed by atoms with van der Waals surface area (Å²) in [6.07, 6.45) is 1.12. The molecule has 0 aliphatic carbocycles. The van der Waals surface area contributed by atoms with Gasteiger partial charge in [0.2, 0.25) is 0 Å². The highest BCUT2D eigenvalue weighted by atomic mass is 32.1. The molecule has 4 nitrogen and oxygen atoms in total. The van der Waals surface area contributed by atoms with Crippen molar-refractivity contribution < 1.29 is 0 Å². The van der Waals surface area contributed by atoms with Gasteiger partial charge in [-0.1, -0.05) is 6.07 Å². The monoisotopic (exact) mass is 254 g/mol. The largest absolute Gasteiger partial charge is 0.356 e. The van der Waals surface area contributed by atoms with Gasteiger partial charge in [0.15, 0.2) is 5.96 Å². The van der Waals surface area contributed by atoms with Crippen molar-refractivity contribution in [3.63, 3.8) is 0 Å². The van der Waals surface area contributed by atoms with Gasteiger partial charge in [-0.05, 0) is 38.5 Å². The maximum Gasteiger partial charge on any atom is 0.191 e. The average molecular weight is 254 g/mol. The van der Waals surface area contributed by atoms with Crippen LogP contribution in [0.2, 0.25) is 0 Å². The van der Waals surface area contributed by atoms with Crippen LogP contribution in [0, 0.1) is 0 Å². The lowest BCUT2D eigenvalue weighted by atomic mass is 10.4. The molecule has 0 saturated heterocycles. The van der Waals surface area contributed by atoms with Gasteiger partial charge in [0.1, 0.15) is 0 Å². The van der Waals surface area contributed by atoms with E-state index in [4.69, 9.17) is 0 Å². The number of nitrogens with zero attached hydrogens (tertiary/aromatic N) is 2. The van der Waals surface area contributed by atoms with Crippen LogP contribution in [0.1, 0.15) is 11.3 Å². The molecule has 0 spiro atoms. The van der Waals surface area contributed by atoms with Gasteiger partial charge >= 0.3 is 0 Å². The van der Waals surface area contributed by atoms with Gasteiger partial charge in [-0.15, -0.1) is 11.3 Å². The van der Waals surface area contributed by atoms with E-state index < -0.39 is 0 Å². The fourth-order valence-corrected chi connectivity index (χ4v) is 2.05. The molecule has 1 aromatic rings. The lowest BCUT2D eigenvalue weighted by molar-refractivity contribution is 0.399. The number of aliphatic imine (C=N–C) groups is 1. The van der Waals surface area contributed by atoms with Gasteiger partial charge in [-0.3, -0.25) is 4.99 Å². The van der Waals surface area contributed by atoms with E-state index in [-0.39, 0.29) is 0 Å². The topological polar surface area (TPSA) is 39.7 Å². The molecule has 1 aromatic heterocycles. The Balaban J connectivity index is 2.16. The highest BCUT2D eigenvalue weighted by molar-refractivity contribution is 7.09. The molecule has 0 radical (unpaired) electrons. The van der Waals surface area contributed by atoms with Crippen LogP contribution in [-0.2, 0) is 6.54 Å². The van der Waals surface area contributed by atoms with Crippen molar-refractivity contribution in [2.75, 3.05) is 34.2 Å². The number of rotatable bonds is 6. The predicted octanol–water partition coefficient (Wildman–Crippen LogP) is 1.36. The predicted molar refractivity (Wildman–Crippen MR) is 75.7 cm³/mol. The summed E-state index contributed by atoms with van der Waals surface area (Å²) in [7, 11) is 5.98. The third-order valence-corrected chi connectivity index (χ3v) is 3.18. The number of thiophene rings is 1. The van der Waals surface area contributed by atoms with Gasteiger partial charge < -0.3 is 15.5 Å². The van der Waals surface area contributed by atoms with Crippen molar-refractivity contribution >= 4 is 17.3 Å². The van der Waals surface area contributed by atoms with E-state index in [0.717, 1.165) is 32.0 Å². The van der Waals surface area contributed by atoms with E-state index >= 15 is 0 Å². The van der Waals surface area contributed by atoms with E-state index in [0.29, 0.717) is 0 Å². The van der Waals surface area contributed by atoms with Crippen molar-refractivity contribution in [2.24, 2.45) is 4.99 Å². The molecule has 0 unspecified atom stereocenters. The van der Waals surface area contributed by atoms with Gasteiger partial charge in [-0.2, -0.15) is 0 Å². The molecule has 0 bridgehead atoms. The molecule has 1 heterocycles. The van der Waals surface area contributed by atoms with E-state index in [9.17, 15) is 0 Å². The lowest BCUT2D eigenvalue weighted by Gasteiger charge is -2.13. The van der Waals surface area contributed by atoms with E-state index in [1.807, 2.05) is 0 Å². The van der Waals surface area contributed by atoms with Crippen LogP contribution in [-0.4, -0.2) is 45.1 Å². The van der Waals surface area contributed by atoms with Crippen molar-refractivity contribution in [1.82, 2.24) is 15.5 Å². The Kier molecular flexibility index (Phi) is 6.65. The zero-order valence-electron chi connectivity index (χ0n) is 10.9. The molecule has 5 heteroatoms. The van der Waals surface area contributed by atoms with Crippen molar-refractivity contribution in [1.29, 1.82) is 0 Å². The number of guanidine groups is 1. The van der Waals surface area contributed by atoms with Gasteiger partial charge in [0, 0.05) is 18.5 Å². The van der Waals surface area contributed by atoms with Gasteiger partial charge in [-0.25, -0.2) is 0 Å². The molecule has 0 aromatic carbocycles. The van der Waals surface area contributed by atoms with Crippen LogP contribution in [0.15, 0.2) is 22.5 Å². The smallest absolute Gasteiger partial charge is 0.191 e. The second-order valence-electron chi connectivity index (χ2n) is 4.09. The first-order valence-electron chi connectivity index (χ1n) is 5.84. The molecule has 0 aliphatic heterocycles. The van der Waals surface area contributed by atoms with Crippen molar-refractivity contribution in [3.8, 4) is 0 Å². The number of hydrogen-bond donors (Lipinski definition) is 2. The van der Waals surface area contributed by atoms with Crippen molar-refractivity contribution in [3.05, 3.63) is 22.4 Å². The molecular formula is C12H22N4S. The molecule has 1 rings (SSSR count). The maximum atomic E-state index is 4.19. The summed E-state index contributed by atoms with van der Waals surface area (Å²) in [5.41, 5.74) is 0. The van der Waals surface area contributed by atoms with Crippen molar-refractivity contribution in [2.45, 2.75) is 13.0 Å². The minimum atomic E-state index is 0.838. The molecule has 17 heavy (non-hydrogen) atoms. The van der Waals surface area contributed by atoms with E-state index in [1.165, 1.54) is 4.88 Å². The first kappa shape index (κ1) is 14.0. The number of nitrogens with one attached hydrogen (secondary N) is 2. The zero-order valence-corrected chi connectivity index (χ0v) is 11.7. The first-order chi connectivity index (χ1) is 8.22. The Labute approximate surface area is 108 Å². The van der Waals surface area contributed by atoms with Crippen LogP contribution in [0.25, 0.3) is 0 Å². The SMILES string of the molecule is CN=C(NCCCN(C)C)NCc1cccs1. The van der Waals surface area contributed by atoms with E-state index in [1.54, 1.807) is 18.4 Å². The van der Waals surface area contributed by atoms with Gasteiger partial charge in [0.05, 0.1) is 6.54 Å². The normalized spacial score (nSPS) is 11.9. The zero-order chi connectivity index (χ0) is 12.5. The molecule has 96 valence electrons. The highest BCUT2D eigenvalue weighted by Gasteiger charge is 1.98. The van der Waals surface area contributed by atoms with Crippen LogP contribution >= 0.6 is 11.3 Å². The molecule has 0 atom stereocenters. The fraction of sp³-hybridized carbons (Fsp3) is 0.583. The second kappa shape index (κ2) is 8.08. The minimum absolute atomic E-state index is 0.838. The summed E-state index contributed by atoms with van der Waals surface area (Å²) in [5, 5.41) is 8.69. The molecule has 0 saturated carbocycles. The van der Waals surface area contributed by atoms with E-state index in [2.05, 4.69) is 52.1 Å². The average Bonchev–Trinajstić information content (AvgIpc) is 2.81. The summed E-state index contributed by atoms with van der Waals surface area (Å²) in [5.74, 6) is 0.872. The Morgan fingerprint density at radius 2 is 2.24 bits per heavy atom. The molecule has 0 amide bonds. The quantitative estimate of drug-likeness (QED) is 0.457. The fourth-order valence-electron chi connectivity index (χ4n) is 1.41. The Bertz CT molecular complexity index is 319. The third kappa shape index (κ3) is 6.28. The minimum Gasteiger partial charge on any atom is -0.356 e. The standard InChI is InChI=1S/C12H22N4S/c1-13-12(14-7-5-8-16(2)3)15-10-11-6-4-9-17-11/h4,6,9H,5,7-8,10H2,1-3H3,(H2,13,14,15).